The van der Waals surface area contributed by atoms with E-state index in [2.05, 4.69) is 111 Å². The van der Waals surface area contributed by atoms with Crippen molar-refractivity contribution < 1.29 is 0 Å². The second kappa shape index (κ2) is 22.8. The highest BCUT2D eigenvalue weighted by molar-refractivity contribution is 5.47. The first-order valence-electron chi connectivity index (χ1n) is 22.5. The summed E-state index contributed by atoms with van der Waals surface area (Å²) >= 11 is 0. The average Bonchev–Trinajstić information content (AvgIpc) is 3.21. The second-order valence-corrected chi connectivity index (χ2v) is 16.9. The summed E-state index contributed by atoms with van der Waals surface area (Å²) in [6.45, 7) is 4.60. The van der Waals surface area contributed by atoms with E-state index in [4.69, 9.17) is 11.5 Å². The van der Waals surface area contributed by atoms with Crippen molar-refractivity contribution >= 4 is 11.4 Å². The average molecular weight is 727 g/mol. The number of rotatable bonds is 24. The van der Waals surface area contributed by atoms with E-state index < -0.39 is 0 Å². The molecule has 0 aromatic heterocycles. The maximum atomic E-state index is 6.13. The van der Waals surface area contributed by atoms with Crippen LogP contribution in [0.4, 0.5) is 11.4 Å². The molecule has 2 heteroatoms. The SMILES string of the molecule is CCCCCCCCCCC(c1ccc(N)cc1)c1ccc(C2(c3ccc(C(CCCCCCCCCC)c4ccc(N)cc4)cc3)CCCCC2)cc1. The molecular formula is C52H74N2. The van der Waals surface area contributed by atoms with Gasteiger partial charge in [0.2, 0.25) is 0 Å². The van der Waals surface area contributed by atoms with Crippen LogP contribution < -0.4 is 11.5 Å². The van der Waals surface area contributed by atoms with Crippen molar-refractivity contribution in [1.82, 2.24) is 0 Å². The Morgan fingerprint density at radius 2 is 0.685 bits per heavy atom. The molecule has 0 amide bonds. The lowest BCUT2D eigenvalue weighted by Gasteiger charge is -2.39. The zero-order valence-corrected chi connectivity index (χ0v) is 34.3. The van der Waals surface area contributed by atoms with Crippen molar-refractivity contribution in [2.24, 2.45) is 0 Å². The number of benzene rings is 4. The van der Waals surface area contributed by atoms with Gasteiger partial charge in [0.05, 0.1) is 0 Å². The standard InChI is InChI=1S/C52H74N2/c1-3-5-7-9-11-13-15-18-22-50(44-28-36-48(53)37-29-44)42-24-32-46(33-25-42)52(40-20-17-21-41-52)47-34-26-43(27-35-47)51(45-30-38-49(54)39-31-45)23-19-16-14-12-10-8-6-4-2/h24-39,50-51H,3-23,40-41,53-54H2,1-2H3. The van der Waals surface area contributed by atoms with Crippen LogP contribution in [0.25, 0.3) is 0 Å². The van der Waals surface area contributed by atoms with Crippen LogP contribution in [-0.2, 0) is 5.41 Å². The van der Waals surface area contributed by atoms with Crippen LogP contribution in [0.5, 0.6) is 0 Å². The van der Waals surface area contributed by atoms with Crippen molar-refractivity contribution in [2.75, 3.05) is 11.5 Å². The molecule has 0 bridgehead atoms. The van der Waals surface area contributed by atoms with E-state index >= 15 is 0 Å². The number of anilines is 2. The first kappa shape index (κ1) is 41.6. The number of nitrogens with two attached hydrogens (primary N) is 2. The Hall–Kier alpha value is -3.52. The summed E-state index contributed by atoms with van der Waals surface area (Å²) in [6, 6.07) is 37.2. The summed E-state index contributed by atoms with van der Waals surface area (Å²) < 4.78 is 0. The minimum Gasteiger partial charge on any atom is -0.399 e. The lowest BCUT2D eigenvalue weighted by Crippen LogP contribution is -2.30. The van der Waals surface area contributed by atoms with Gasteiger partial charge in [0.25, 0.3) is 0 Å². The third-order valence-electron chi connectivity index (χ3n) is 12.8. The number of nitrogen functional groups attached to an aromatic ring is 2. The molecule has 4 N–H and O–H groups in total. The Labute approximate surface area is 330 Å². The van der Waals surface area contributed by atoms with Crippen molar-refractivity contribution in [3.63, 3.8) is 0 Å². The molecule has 0 saturated heterocycles. The molecular weight excluding hydrogens is 653 g/mol. The van der Waals surface area contributed by atoms with E-state index in [1.165, 1.54) is 181 Å². The molecule has 0 radical (unpaired) electrons. The summed E-state index contributed by atoms with van der Waals surface area (Å²) in [4.78, 5) is 0. The molecule has 4 aromatic carbocycles. The Balaban J connectivity index is 1.31. The molecule has 0 aliphatic heterocycles. The molecule has 0 heterocycles. The summed E-state index contributed by atoms with van der Waals surface area (Å²) in [7, 11) is 0. The summed E-state index contributed by atoms with van der Waals surface area (Å²) in [5.41, 5.74) is 22.7. The monoisotopic (exact) mass is 727 g/mol. The predicted molar refractivity (Wildman–Crippen MR) is 237 cm³/mol. The Bertz CT molecular complexity index is 1450. The number of hydrogen-bond donors (Lipinski definition) is 2. The van der Waals surface area contributed by atoms with Crippen LogP contribution in [-0.4, -0.2) is 0 Å². The van der Waals surface area contributed by atoms with E-state index in [0.717, 1.165) is 11.4 Å². The third kappa shape index (κ3) is 12.2. The quantitative estimate of drug-likeness (QED) is 0.0558. The van der Waals surface area contributed by atoms with Gasteiger partial charge in [-0.1, -0.05) is 209 Å². The Kier molecular flexibility index (Phi) is 17.6. The highest BCUT2D eigenvalue weighted by atomic mass is 14.5. The van der Waals surface area contributed by atoms with Crippen molar-refractivity contribution in [2.45, 2.75) is 179 Å². The fraction of sp³-hybridized carbons (Fsp3) is 0.538. The molecule has 1 saturated carbocycles. The molecule has 292 valence electrons. The van der Waals surface area contributed by atoms with Gasteiger partial charge in [0, 0.05) is 28.6 Å². The maximum absolute atomic E-state index is 6.13. The normalized spacial score (nSPS) is 15.2. The van der Waals surface area contributed by atoms with Gasteiger partial charge in [0.1, 0.15) is 0 Å². The van der Waals surface area contributed by atoms with Gasteiger partial charge in [-0.3, -0.25) is 0 Å². The van der Waals surface area contributed by atoms with Crippen LogP contribution in [0.2, 0.25) is 0 Å². The Morgan fingerprint density at radius 1 is 0.389 bits per heavy atom. The highest BCUT2D eigenvalue weighted by Gasteiger charge is 2.36. The lowest BCUT2D eigenvalue weighted by molar-refractivity contribution is 0.346. The van der Waals surface area contributed by atoms with Gasteiger partial charge >= 0.3 is 0 Å². The fourth-order valence-electron chi connectivity index (χ4n) is 9.44. The summed E-state index contributed by atoms with van der Waals surface area (Å²) in [5.74, 6) is 0.820. The molecule has 1 aliphatic carbocycles. The number of hydrogen-bond acceptors (Lipinski definition) is 2. The first-order chi connectivity index (χ1) is 26.5. The molecule has 4 aromatic rings. The minimum atomic E-state index is 0.0816. The molecule has 54 heavy (non-hydrogen) atoms. The largest absolute Gasteiger partial charge is 0.399 e. The first-order valence-corrected chi connectivity index (χ1v) is 22.5. The van der Waals surface area contributed by atoms with E-state index in [1.54, 1.807) is 0 Å². The predicted octanol–water partition coefficient (Wildman–Crippen LogP) is 15.4. The maximum Gasteiger partial charge on any atom is 0.0314 e. The summed E-state index contributed by atoms with van der Waals surface area (Å²) in [6.07, 6.45) is 30.4. The summed E-state index contributed by atoms with van der Waals surface area (Å²) in [5, 5.41) is 0. The zero-order valence-electron chi connectivity index (χ0n) is 34.3. The van der Waals surface area contributed by atoms with Crippen LogP contribution in [0, 0.1) is 0 Å². The van der Waals surface area contributed by atoms with Crippen LogP contribution in [0.15, 0.2) is 97.1 Å². The lowest BCUT2D eigenvalue weighted by atomic mass is 9.65. The zero-order chi connectivity index (χ0) is 37.9. The van der Waals surface area contributed by atoms with Gasteiger partial charge in [-0.05, 0) is 83.3 Å². The molecule has 2 unspecified atom stereocenters. The molecule has 5 rings (SSSR count). The van der Waals surface area contributed by atoms with E-state index in [1.807, 2.05) is 0 Å². The topological polar surface area (TPSA) is 52.0 Å². The van der Waals surface area contributed by atoms with Crippen molar-refractivity contribution in [3.05, 3.63) is 130 Å². The fourth-order valence-corrected chi connectivity index (χ4v) is 9.44. The molecule has 0 spiro atoms. The van der Waals surface area contributed by atoms with Crippen LogP contribution in [0.3, 0.4) is 0 Å². The molecule has 2 atom stereocenters. The van der Waals surface area contributed by atoms with Gasteiger partial charge in [-0.15, -0.1) is 0 Å². The second-order valence-electron chi connectivity index (χ2n) is 16.9. The van der Waals surface area contributed by atoms with Crippen molar-refractivity contribution in [3.8, 4) is 0 Å². The van der Waals surface area contributed by atoms with E-state index in [9.17, 15) is 0 Å². The minimum absolute atomic E-state index is 0.0816. The highest BCUT2D eigenvalue weighted by Crippen LogP contribution is 2.46. The number of unbranched alkanes of at least 4 members (excludes halogenated alkanes) is 14. The van der Waals surface area contributed by atoms with Gasteiger partial charge in [-0.25, -0.2) is 0 Å². The molecule has 1 fully saturated rings. The van der Waals surface area contributed by atoms with Crippen LogP contribution in [0.1, 0.15) is 207 Å². The van der Waals surface area contributed by atoms with E-state index in [-0.39, 0.29) is 5.41 Å². The Morgan fingerprint density at radius 3 is 1.02 bits per heavy atom. The van der Waals surface area contributed by atoms with Gasteiger partial charge in [-0.2, -0.15) is 0 Å². The van der Waals surface area contributed by atoms with Gasteiger partial charge in [0.15, 0.2) is 0 Å². The van der Waals surface area contributed by atoms with Gasteiger partial charge < -0.3 is 11.5 Å². The smallest absolute Gasteiger partial charge is 0.0314 e. The van der Waals surface area contributed by atoms with Crippen molar-refractivity contribution in [1.29, 1.82) is 0 Å². The molecule has 1 aliphatic rings. The third-order valence-corrected chi connectivity index (χ3v) is 12.8. The molecule has 2 nitrogen and oxygen atoms in total. The van der Waals surface area contributed by atoms with E-state index in [0.29, 0.717) is 11.8 Å². The van der Waals surface area contributed by atoms with Crippen LogP contribution >= 0.6 is 0 Å².